The van der Waals surface area contributed by atoms with Crippen LogP contribution in [0, 0.1) is 6.92 Å². The zero-order valence-corrected chi connectivity index (χ0v) is 36.3. The van der Waals surface area contributed by atoms with Crippen LogP contribution in [0.15, 0.2) is 34.2 Å². The minimum Gasteiger partial charge on any atom is -0.379 e. The number of carbonyl (C=O) groups excluding carboxylic acids is 1. The maximum atomic E-state index is 12.8. The van der Waals surface area contributed by atoms with E-state index in [-0.39, 0.29) is 29.4 Å². The Morgan fingerprint density at radius 1 is 0.691 bits per heavy atom. The minimum absolute atomic E-state index is 0.112. The highest BCUT2D eigenvalue weighted by atomic mass is 32.2. The van der Waals surface area contributed by atoms with E-state index in [1.807, 2.05) is 6.92 Å². The molecule has 0 aliphatic heterocycles. The molecule has 1 rings (SSSR count). The van der Waals surface area contributed by atoms with Gasteiger partial charge in [-0.3, -0.25) is 9.79 Å². The predicted octanol–water partition coefficient (Wildman–Crippen LogP) is 9.62. The van der Waals surface area contributed by atoms with Crippen molar-refractivity contribution in [3.8, 4) is 0 Å². The van der Waals surface area contributed by atoms with Crippen molar-refractivity contribution in [1.29, 1.82) is 0 Å². The van der Waals surface area contributed by atoms with Crippen LogP contribution in [-0.4, -0.2) is 65.3 Å². The smallest absolute Gasteiger partial charge is 0.264 e. The number of nitrogens with zero attached hydrogens (tertiary/aromatic N) is 1. The number of sulfonamides is 1. The van der Waals surface area contributed by atoms with Crippen molar-refractivity contribution in [3.63, 3.8) is 0 Å². The van der Waals surface area contributed by atoms with Crippen LogP contribution < -0.4 is 21.5 Å². The van der Waals surface area contributed by atoms with Gasteiger partial charge in [0.15, 0.2) is 0 Å². The van der Waals surface area contributed by atoms with E-state index in [0.717, 1.165) is 24.8 Å². The number of guanidine groups is 1. The van der Waals surface area contributed by atoms with Gasteiger partial charge in [-0.15, -0.1) is 0 Å². The molecule has 1 aromatic carbocycles. The Morgan fingerprint density at radius 3 is 1.64 bits per heavy atom. The second-order valence-electron chi connectivity index (χ2n) is 15.5. The zero-order valence-electron chi connectivity index (χ0n) is 35.4. The van der Waals surface area contributed by atoms with Crippen LogP contribution in [0.1, 0.15) is 186 Å². The molecule has 0 saturated carbocycles. The first kappa shape index (κ1) is 50.8. The zero-order chi connectivity index (χ0) is 40.2. The van der Waals surface area contributed by atoms with Crippen molar-refractivity contribution >= 4 is 21.9 Å². The summed E-state index contributed by atoms with van der Waals surface area (Å²) in [6.45, 7) is 8.79. The average molecular weight is 794 g/mol. The van der Waals surface area contributed by atoms with Crippen LogP contribution in [0.2, 0.25) is 0 Å². The molecule has 1 aromatic rings. The third-order valence-electron chi connectivity index (χ3n) is 10.2. The van der Waals surface area contributed by atoms with Crippen LogP contribution in [0.5, 0.6) is 0 Å². The fraction of sp³-hybridized carbons (Fsp3) is 0.818. The monoisotopic (exact) mass is 794 g/mol. The number of hydrogen-bond donors (Lipinski definition) is 4. The number of carbonyl (C=O) groups is 1. The number of nitrogens with two attached hydrogens (primary N) is 2. The van der Waals surface area contributed by atoms with Gasteiger partial charge in [0.25, 0.3) is 10.0 Å². The Balaban J connectivity index is 2.36. The number of rotatable bonds is 38. The van der Waals surface area contributed by atoms with Crippen molar-refractivity contribution in [3.05, 3.63) is 29.8 Å². The summed E-state index contributed by atoms with van der Waals surface area (Å²) < 4.78 is 39.6. The van der Waals surface area contributed by atoms with E-state index in [1.165, 1.54) is 147 Å². The summed E-state index contributed by atoms with van der Waals surface area (Å²) in [5.74, 6) is -0.452. The summed E-state index contributed by atoms with van der Waals surface area (Å²) in [7, 11) is -3.82. The first-order valence-corrected chi connectivity index (χ1v) is 23.8. The Kier molecular flexibility index (Phi) is 32.3. The van der Waals surface area contributed by atoms with E-state index < -0.39 is 16.1 Å². The molecular weight excluding hydrogens is 711 g/mol. The van der Waals surface area contributed by atoms with E-state index in [9.17, 15) is 13.2 Å². The molecule has 10 nitrogen and oxygen atoms in total. The number of unbranched alkanes of at least 4 members (excludes halogenated alkanes) is 22. The maximum absolute atomic E-state index is 12.8. The quantitative estimate of drug-likeness (QED) is 0.0295. The molecule has 0 saturated heterocycles. The normalized spacial score (nSPS) is 13.2. The van der Waals surface area contributed by atoms with Gasteiger partial charge in [0.05, 0.1) is 23.6 Å². The summed E-state index contributed by atoms with van der Waals surface area (Å²) in [5, 5.41) is 2.96. The molecule has 0 radical (unpaired) electrons. The van der Waals surface area contributed by atoms with Gasteiger partial charge >= 0.3 is 0 Å². The Bertz CT molecular complexity index is 1180. The van der Waals surface area contributed by atoms with E-state index in [2.05, 4.69) is 28.9 Å². The number of aliphatic imine (C=N–C) groups is 1. The largest absolute Gasteiger partial charge is 0.379 e. The van der Waals surface area contributed by atoms with Crippen LogP contribution in [0.4, 0.5) is 0 Å². The van der Waals surface area contributed by atoms with Crippen LogP contribution >= 0.6 is 0 Å². The summed E-state index contributed by atoms with van der Waals surface area (Å²) >= 11 is 0. The van der Waals surface area contributed by atoms with Gasteiger partial charge in [-0.2, -0.15) is 0 Å². The van der Waals surface area contributed by atoms with Gasteiger partial charge in [-0.25, -0.2) is 13.1 Å². The number of aryl methyl sites for hydroxylation is 1. The van der Waals surface area contributed by atoms with Crippen molar-refractivity contribution < 1.29 is 22.7 Å². The lowest BCUT2D eigenvalue weighted by Crippen LogP contribution is -2.45. The molecule has 0 aliphatic carbocycles. The molecule has 0 aliphatic rings. The molecule has 55 heavy (non-hydrogen) atoms. The van der Waals surface area contributed by atoms with Gasteiger partial charge in [0.2, 0.25) is 11.9 Å². The fourth-order valence-electron chi connectivity index (χ4n) is 6.55. The van der Waals surface area contributed by atoms with Crippen molar-refractivity contribution in [2.75, 3.05) is 32.9 Å². The summed E-state index contributed by atoms with van der Waals surface area (Å²) in [6.07, 6.45) is 31.9. The van der Waals surface area contributed by atoms with Crippen molar-refractivity contribution in [2.45, 2.75) is 205 Å². The Hall–Kier alpha value is -2.21. The van der Waals surface area contributed by atoms with E-state index in [4.69, 9.17) is 20.9 Å². The highest BCUT2D eigenvalue weighted by Gasteiger charge is 2.17. The van der Waals surface area contributed by atoms with Crippen LogP contribution in [-0.2, 0) is 24.3 Å². The van der Waals surface area contributed by atoms with Gasteiger partial charge in [-0.1, -0.05) is 173 Å². The van der Waals surface area contributed by atoms with Gasteiger partial charge in [-0.05, 0) is 44.7 Å². The topological polar surface area (TPSA) is 158 Å². The van der Waals surface area contributed by atoms with Crippen LogP contribution in [0.25, 0.3) is 0 Å². The van der Waals surface area contributed by atoms with Gasteiger partial charge in [0, 0.05) is 26.3 Å². The lowest BCUT2D eigenvalue weighted by atomic mass is 10.1. The number of amides is 1. The first-order valence-electron chi connectivity index (χ1n) is 22.3. The molecule has 0 bridgehead atoms. The number of nitrogens with one attached hydrogen (secondary N) is 2. The molecule has 11 heteroatoms. The molecule has 0 fully saturated rings. The number of hydrogen-bond acceptors (Lipinski definition) is 7. The Labute approximate surface area is 337 Å². The molecule has 320 valence electrons. The first-order chi connectivity index (χ1) is 26.7. The molecular formula is C44H83N5O5S. The third kappa shape index (κ3) is 29.7. The third-order valence-corrected chi connectivity index (χ3v) is 11.5. The van der Waals surface area contributed by atoms with E-state index >= 15 is 0 Å². The SMILES string of the molecule is CCCCCCCCCCCCCCOCC(CNC(=O)C(N)CCCN=C(N)NS(=O)(=O)c1ccc(C)cc1)OCCCCCCCCCCCCCC. The number of benzene rings is 1. The predicted molar refractivity (Wildman–Crippen MR) is 231 cm³/mol. The summed E-state index contributed by atoms with van der Waals surface area (Å²) in [4.78, 5) is 17.1. The average Bonchev–Trinajstić information content (AvgIpc) is 3.16. The van der Waals surface area contributed by atoms with Gasteiger partial charge < -0.3 is 26.3 Å². The highest BCUT2D eigenvalue weighted by Crippen LogP contribution is 2.14. The second kappa shape index (κ2) is 35.0. The molecule has 0 aromatic heterocycles. The molecule has 0 spiro atoms. The van der Waals surface area contributed by atoms with Crippen molar-refractivity contribution in [2.24, 2.45) is 16.5 Å². The van der Waals surface area contributed by atoms with E-state index in [0.29, 0.717) is 39.2 Å². The van der Waals surface area contributed by atoms with Gasteiger partial charge in [0.1, 0.15) is 0 Å². The maximum Gasteiger partial charge on any atom is 0.264 e. The molecule has 2 atom stereocenters. The highest BCUT2D eigenvalue weighted by molar-refractivity contribution is 7.90. The van der Waals surface area contributed by atoms with Crippen molar-refractivity contribution in [1.82, 2.24) is 10.0 Å². The lowest BCUT2D eigenvalue weighted by molar-refractivity contribution is -0.123. The molecule has 0 heterocycles. The number of ether oxygens (including phenoxy) is 2. The summed E-state index contributed by atoms with van der Waals surface area (Å²) in [6, 6.07) is 5.75. The second-order valence-corrected chi connectivity index (χ2v) is 17.2. The van der Waals surface area contributed by atoms with E-state index in [1.54, 1.807) is 12.1 Å². The lowest BCUT2D eigenvalue weighted by Gasteiger charge is -2.20. The Morgan fingerprint density at radius 2 is 1.15 bits per heavy atom. The van der Waals surface area contributed by atoms with Crippen LogP contribution in [0.3, 0.4) is 0 Å². The summed E-state index contributed by atoms with van der Waals surface area (Å²) in [5.41, 5.74) is 13.0. The fourth-order valence-corrected chi connectivity index (χ4v) is 7.50. The molecule has 2 unspecified atom stereocenters. The standard InChI is InChI=1S/C44H83N5O5S/c1-4-6-8-10-12-14-16-18-20-22-24-26-35-53-38-40(54-36-27-25-23-21-19-17-15-13-11-9-7-5-2)37-48-43(50)42(45)29-28-34-47-44(46)49-55(51,52)41-32-30-39(3)31-33-41/h30-33,40,42H,4-29,34-38,45H2,1-3H3,(H,48,50)(H3,46,47,49). The molecule has 1 amide bonds. The molecule has 6 N–H and O–H groups in total. The minimum atomic E-state index is -3.82.